The number of nitrogens with zero attached hydrogens (tertiary/aromatic N) is 1. The zero-order valence-corrected chi connectivity index (χ0v) is 14.5. The van der Waals surface area contributed by atoms with Crippen molar-refractivity contribution in [1.82, 2.24) is 10.6 Å². The van der Waals surface area contributed by atoms with Crippen LogP contribution in [0.2, 0.25) is 0 Å². The molecule has 0 aromatic heterocycles. The summed E-state index contributed by atoms with van der Waals surface area (Å²) in [5, 5.41) is 15.6. The van der Waals surface area contributed by atoms with Gasteiger partial charge in [-0.3, -0.25) is 19.7 Å². The summed E-state index contributed by atoms with van der Waals surface area (Å²) in [5.41, 5.74) is -0.321. The highest BCUT2D eigenvalue weighted by Gasteiger charge is 2.29. The lowest BCUT2D eigenvalue weighted by molar-refractivity contribution is -0.384. The van der Waals surface area contributed by atoms with Crippen LogP contribution in [0.1, 0.15) is 21.5 Å². The summed E-state index contributed by atoms with van der Waals surface area (Å²) in [6, 6.07) is 9.68. The molecule has 28 heavy (non-hydrogen) atoms. The van der Waals surface area contributed by atoms with Crippen molar-refractivity contribution in [2.24, 2.45) is 0 Å². The Morgan fingerprint density at radius 3 is 2.32 bits per heavy atom. The first-order valence-electron chi connectivity index (χ1n) is 8.12. The Kier molecular flexibility index (Phi) is 6.69. The Morgan fingerprint density at radius 2 is 1.71 bits per heavy atom. The molecule has 0 spiro atoms. The van der Waals surface area contributed by atoms with Gasteiger partial charge in [-0.15, -0.1) is 0 Å². The number of nitro groups is 1. The molecule has 7 nitrogen and oxygen atoms in total. The van der Waals surface area contributed by atoms with Crippen molar-refractivity contribution in [3.63, 3.8) is 0 Å². The van der Waals surface area contributed by atoms with Crippen molar-refractivity contribution in [2.45, 2.75) is 12.6 Å². The van der Waals surface area contributed by atoms with E-state index in [1.54, 1.807) is 0 Å². The van der Waals surface area contributed by atoms with E-state index in [4.69, 9.17) is 0 Å². The van der Waals surface area contributed by atoms with Gasteiger partial charge >= 0.3 is 6.18 Å². The molecule has 2 rings (SSSR count). The van der Waals surface area contributed by atoms with Gasteiger partial charge in [-0.2, -0.15) is 13.2 Å². The first-order chi connectivity index (χ1) is 13.2. The molecule has 2 aromatic rings. The second-order valence-electron chi connectivity index (χ2n) is 5.78. The van der Waals surface area contributed by atoms with Gasteiger partial charge < -0.3 is 10.6 Å². The van der Waals surface area contributed by atoms with E-state index in [1.165, 1.54) is 30.3 Å². The SMILES string of the molecule is O=C(CNC(=O)c1cccc([N+](=O)[O-])c1)NCCc1ccc(C(F)(F)F)cc1. The number of carbonyl (C=O) groups excluding carboxylic acids is 2. The molecule has 148 valence electrons. The second kappa shape index (κ2) is 8.98. The summed E-state index contributed by atoms with van der Waals surface area (Å²) in [7, 11) is 0. The Hall–Kier alpha value is -3.43. The smallest absolute Gasteiger partial charge is 0.354 e. The predicted molar refractivity (Wildman–Crippen MR) is 93.6 cm³/mol. The second-order valence-corrected chi connectivity index (χ2v) is 5.78. The zero-order chi connectivity index (χ0) is 20.7. The highest BCUT2D eigenvalue weighted by Crippen LogP contribution is 2.29. The van der Waals surface area contributed by atoms with Gasteiger partial charge in [0.05, 0.1) is 17.0 Å². The summed E-state index contributed by atoms with van der Waals surface area (Å²) in [4.78, 5) is 33.7. The van der Waals surface area contributed by atoms with Crippen LogP contribution in [-0.2, 0) is 17.4 Å². The number of carbonyl (C=O) groups is 2. The largest absolute Gasteiger partial charge is 0.416 e. The van der Waals surface area contributed by atoms with Crippen LogP contribution in [0, 0.1) is 10.1 Å². The number of hydrogen-bond acceptors (Lipinski definition) is 4. The van der Waals surface area contributed by atoms with Gasteiger partial charge in [0.15, 0.2) is 0 Å². The monoisotopic (exact) mass is 395 g/mol. The summed E-state index contributed by atoms with van der Waals surface area (Å²) in [6.45, 7) is -0.161. The average Bonchev–Trinajstić information content (AvgIpc) is 2.66. The number of rotatable bonds is 7. The standard InChI is InChI=1S/C18H16F3N3O4/c19-18(20,21)14-6-4-12(5-7-14)8-9-22-16(25)11-23-17(26)13-2-1-3-15(10-13)24(27)28/h1-7,10H,8-9,11H2,(H,22,25)(H,23,26). The van der Waals surface area contributed by atoms with Gasteiger partial charge in [0, 0.05) is 24.2 Å². The molecule has 0 saturated heterocycles. The number of halogens is 3. The summed E-state index contributed by atoms with van der Waals surface area (Å²) in [6.07, 6.45) is -4.08. The lowest BCUT2D eigenvalue weighted by atomic mass is 10.1. The summed E-state index contributed by atoms with van der Waals surface area (Å²) < 4.78 is 37.5. The quantitative estimate of drug-likeness (QED) is 0.556. The van der Waals surface area contributed by atoms with Crippen LogP contribution >= 0.6 is 0 Å². The lowest BCUT2D eigenvalue weighted by Gasteiger charge is -2.09. The number of nitro benzene ring substituents is 1. The number of benzene rings is 2. The first-order valence-corrected chi connectivity index (χ1v) is 8.12. The minimum absolute atomic E-state index is 0.0479. The molecule has 10 heteroatoms. The van der Waals surface area contributed by atoms with Crippen LogP contribution in [-0.4, -0.2) is 29.8 Å². The Bertz CT molecular complexity index is 867. The molecular weight excluding hydrogens is 379 g/mol. The normalized spacial score (nSPS) is 11.0. The number of non-ortho nitro benzene ring substituents is 1. The minimum Gasteiger partial charge on any atom is -0.354 e. The van der Waals surface area contributed by atoms with Gasteiger partial charge in [0.1, 0.15) is 0 Å². The van der Waals surface area contributed by atoms with E-state index in [0.29, 0.717) is 12.0 Å². The van der Waals surface area contributed by atoms with E-state index in [1.807, 2.05) is 0 Å². The molecule has 0 aliphatic heterocycles. The van der Waals surface area contributed by atoms with Crippen LogP contribution in [0.5, 0.6) is 0 Å². The number of nitrogens with one attached hydrogen (secondary N) is 2. The maximum atomic E-state index is 12.5. The number of alkyl halides is 3. The van der Waals surface area contributed by atoms with Crippen molar-refractivity contribution < 1.29 is 27.7 Å². The molecule has 2 amide bonds. The molecule has 0 unspecified atom stereocenters. The van der Waals surface area contributed by atoms with Crippen LogP contribution < -0.4 is 10.6 Å². The molecule has 0 radical (unpaired) electrons. The van der Waals surface area contributed by atoms with Crippen molar-refractivity contribution in [2.75, 3.05) is 13.1 Å². The Labute approximate surface area is 157 Å². The van der Waals surface area contributed by atoms with Gasteiger partial charge in [0.25, 0.3) is 11.6 Å². The fraction of sp³-hybridized carbons (Fsp3) is 0.222. The van der Waals surface area contributed by atoms with E-state index in [0.717, 1.165) is 18.2 Å². The van der Waals surface area contributed by atoms with Gasteiger partial charge in [-0.1, -0.05) is 18.2 Å². The third-order valence-corrected chi connectivity index (χ3v) is 3.75. The summed E-state index contributed by atoms with van der Waals surface area (Å²) in [5.74, 6) is -1.13. The van der Waals surface area contributed by atoms with Crippen molar-refractivity contribution >= 4 is 17.5 Å². The van der Waals surface area contributed by atoms with Gasteiger partial charge in [0.2, 0.25) is 5.91 Å². The highest BCUT2D eigenvalue weighted by molar-refractivity contribution is 5.96. The van der Waals surface area contributed by atoms with E-state index in [2.05, 4.69) is 10.6 Å². The first kappa shape index (κ1) is 20.9. The third kappa shape index (κ3) is 6.08. The van der Waals surface area contributed by atoms with E-state index in [-0.39, 0.29) is 24.3 Å². The molecule has 0 saturated carbocycles. The molecular formula is C18H16F3N3O4. The molecule has 2 aromatic carbocycles. The van der Waals surface area contributed by atoms with Gasteiger partial charge in [-0.05, 0) is 30.2 Å². The Morgan fingerprint density at radius 1 is 1.04 bits per heavy atom. The molecule has 0 bridgehead atoms. The number of hydrogen-bond donors (Lipinski definition) is 2. The van der Waals surface area contributed by atoms with E-state index >= 15 is 0 Å². The third-order valence-electron chi connectivity index (χ3n) is 3.75. The predicted octanol–water partition coefficient (Wildman–Crippen LogP) is 2.70. The van der Waals surface area contributed by atoms with Crippen LogP contribution in [0.15, 0.2) is 48.5 Å². The average molecular weight is 395 g/mol. The molecule has 0 heterocycles. The maximum absolute atomic E-state index is 12.5. The number of amides is 2. The van der Waals surface area contributed by atoms with Crippen LogP contribution in [0.25, 0.3) is 0 Å². The molecule has 2 N–H and O–H groups in total. The molecule has 0 atom stereocenters. The highest BCUT2D eigenvalue weighted by atomic mass is 19.4. The molecule has 0 fully saturated rings. The van der Waals surface area contributed by atoms with Crippen LogP contribution in [0.3, 0.4) is 0 Å². The molecule has 0 aliphatic carbocycles. The topological polar surface area (TPSA) is 101 Å². The Balaban J connectivity index is 1.76. The fourth-order valence-corrected chi connectivity index (χ4v) is 2.29. The lowest BCUT2D eigenvalue weighted by Crippen LogP contribution is -2.37. The zero-order valence-electron chi connectivity index (χ0n) is 14.5. The van der Waals surface area contributed by atoms with Crippen molar-refractivity contribution in [1.29, 1.82) is 0 Å². The van der Waals surface area contributed by atoms with Crippen molar-refractivity contribution in [3.05, 3.63) is 75.3 Å². The van der Waals surface area contributed by atoms with E-state index in [9.17, 15) is 32.9 Å². The van der Waals surface area contributed by atoms with E-state index < -0.39 is 28.5 Å². The maximum Gasteiger partial charge on any atom is 0.416 e. The van der Waals surface area contributed by atoms with Crippen LogP contribution in [0.4, 0.5) is 18.9 Å². The van der Waals surface area contributed by atoms with Gasteiger partial charge in [-0.25, -0.2) is 0 Å². The fourth-order valence-electron chi connectivity index (χ4n) is 2.29. The van der Waals surface area contributed by atoms with Crippen molar-refractivity contribution in [3.8, 4) is 0 Å². The minimum atomic E-state index is -4.40. The summed E-state index contributed by atoms with van der Waals surface area (Å²) >= 11 is 0. The molecule has 0 aliphatic rings.